The Kier molecular flexibility index (Phi) is 5.16. The zero-order chi connectivity index (χ0) is 17.1. The molecule has 0 unspecified atom stereocenters. The van der Waals surface area contributed by atoms with Crippen LogP contribution >= 0.6 is 0 Å². The lowest BCUT2D eigenvalue weighted by Crippen LogP contribution is -2.38. The molecule has 24 heavy (non-hydrogen) atoms. The van der Waals surface area contributed by atoms with Gasteiger partial charge >= 0.3 is 0 Å². The van der Waals surface area contributed by atoms with Crippen molar-refractivity contribution in [2.24, 2.45) is 0 Å². The molecule has 130 valence electrons. The highest BCUT2D eigenvalue weighted by molar-refractivity contribution is 5.37. The largest absolute Gasteiger partial charge is 0.369 e. The third-order valence-electron chi connectivity index (χ3n) is 4.46. The number of hydrogen-bond donors (Lipinski definition) is 0. The van der Waals surface area contributed by atoms with Gasteiger partial charge in [0.15, 0.2) is 0 Å². The SMILES string of the molecule is CCn1cc(CN2CCO[C@@H](c3cccc(N(C)C)n3)C2)c(C)n1. The van der Waals surface area contributed by atoms with Gasteiger partial charge in [-0.1, -0.05) is 6.07 Å². The molecule has 6 heteroatoms. The van der Waals surface area contributed by atoms with Crippen molar-refractivity contribution in [1.29, 1.82) is 0 Å². The van der Waals surface area contributed by atoms with Crippen LogP contribution in [-0.4, -0.2) is 53.5 Å². The van der Waals surface area contributed by atoms with E-state index in [1.54, 1.807) is 0 Å². The maximum Gasteiger partial charge on any atom is 0.128 e. The number of aromatic nitrogens is 3. The lowest BCUT2D eigenvalue weighted by molar-refractivity contribution is -0.0350. The molecule has 0 bridgehead atoms. The molecule has 1 saturated heterocycles. The minimum Gasteiger partial charge on any atom is -0.369 e. The molecular weight excluding hydrogens is 302 g/mol. The van der Waals surface area contributed by atoms with Crippen molar-refractivity contribution in [3.8, 4) is 0 Å². The number of anilines is 1. The Labute approximate surface area is 144 Å². The molecule has 1 aliphatic heterocycles. The molecule has 0 N–H and O–H groups in total. The van der Waals surface area contributed by atoms with Gasteiger partial charge in [-0.15, -0.1) is 0 Å². The van der Waals surface area contributed by atoms with E-state index in [1.165, 1.54) is 5.56 Å². The molecular formula is C18H27N5O. The molecule has 2 aromatic heterocycles. The predicted octanol–water partition coefficient (Wildman–Crippen LogP) is 2.25. The molecule has 3 heterocycles. The van der Waals surface area contributed by atoms with Gasteiger partial charge in [0.05, 0.1) is 18.0 Å². The standard InChI is InChI=1S/C18H27N5O/c1-5-23-12-15(14(2)20-23)11-22-9-10-24-17(13-22)16-7-6-8-18(19-16)21(3)4/h6-8,12,17H,5,9-11,13H2,1-4H3/t17-/m1/s1. The van der Waals surface area contributed by atoms with Crippen molar-refractivity contribution >= 4 is 5.82 Å². The molecule has 1 fully saturated rings. The molecule has 1 atom stereocenters. The third-order valence-corrected chi connectivity index (χ3v) is 4.46. The summed E-state index contributed by atoms with van der Waals surface area (Å²) in [4.78, 5) is 9.18. The Morgan fingerprint density at radius 1 is 1.33 bits per heavy atom. The van der Waals surface area contributed by atoms with E-state index >= 15 is 0 Å². The second-order valence-electron chi connectivity index (χ2n) is 6.51. The summed E-state index contributed by atoms with van der Waals surface area (Å²) in [6.07, 6.45) is 2.19. The van der Waals surface area contributed by atoms with Gasteiger partial charge in [0.1, 0.15) is 11.9 Å². The summed E-state index contributed by atoms with van der Waals surface area (Å²) in [5.41, 5.74) is 3.42. The normalized spacial score (nSPS) is 18.8. The number of aryl methyl sites for hydroxylation is 2. The van der Waals surface area contributed by atoms with E-state index in [0.717, 1.165) is 50.0 Å². The van der Waals surface area contributed by atoms with E-state index in [4.69, 9.17) is 9.72 Å². The van der Waals surface area contributed by atoms with Gasteiger partial charge in [-0.25, -0.2) is 4.98 Å². The van der Waals surface area contributed by atoms with Crippen molar-refractivity contribution in [3.63, 3.8) is 0 Å². The molecule has 2 aromatic rings. The van der Waals surface area contributed by atoms with Crippen LogP contribution in [-0.2, 0) is 17.8 Å². The molecule has 0 amide bonds. The van der Waals surface area contributed by atoms with Gasteiger partial charge in [0, 0.05) is 52.0 Å². The van der Waals surface area contributed by atoms with Gasteiger partial charge in [-0.05, 0) is 26.0 Å². The van der Waals surface area contributed by atoms with E-state index in [0.29, 0.717) is 0 Å². The first-order chi connectivity index (χ1) is 11.6. The summed E-state index contributed by atoms with van der Waals surface area (Å²) in [6, 6.07) is 6.13. The average molecular weight is 329 g/mol. The topological polar surface area (TPSA) is 46.4 Å². The van der Waals surface area contributed by atoms with Crippen LogP contribution in [0.3, 0.4) is 0 Å². The highest BCUT2D eigenvalue weighted by Crippen LogP contribution is 2.24. The summed E-state index contributed by atoms with van der Waals surface area (Å²) in [6.45, 7) is 8.57. The van der Waals surface area contributed by atoms with E-state index in [1.807, 2.05) is 29.7 Å². The lowest BCUT2D eigenvalue weighted by Gasteiger charge is -2.32. The van der Waals surface area contributed by atoms with Crippen LogP contribution in [0.2, 0.25) is 0 Å². The van der Waals surface area contributed by atoms with Crippen molar-refractivity contribution in [3.05, 3.63) is 41.3 Å². The summed E-state index contributed by atoms with van der Waals surface area (Å²) >= 11 is 0. The highest BCUT2D eigenvalue weighted by Gasteiger charge is 2.24. The van der Waals surface area contributed by atoms with Crippen LogP contribution in [0.5, 0.6) is 0 Å². The maximum atomic E-state index is 5.98. The van der Waals surface area contributed by atoms with Gasteiger partial charge in [0.25, 0.3) is 0 Å². The minimum absolute atomic E-state index is 0.0279. The van der Waals surface area contributed by atoms with Gasteiger partial charge < -0.3 is 9.64 Å². The molecule has 0 saturated carbocycles. The van der Waals surface area contributed by atoms with Crippen LogP contribution in [0.1, 0.15) is 30.0 Å². The smallest absolute Gasteiger partial charge is 0.128 e. The van der Waals surface area contributed by atoms with Crippen molar-refractivity contribution in [2.75, 3.05) is 38.7 Å². The number of hydrogen-bond acceptors (Lipinski definition) is 5. The first kappa shape index (κ1) is 16.9. The first-order valence-electron chi connectivity index (χ1n) is 8.58. The first-order valence-corrected chi connectivity index (χ1v) is 8.58. The molecule has 6 nitrogen and oxygen atoms in total. The molecule has 3 rings (SSSR count). The fraction of sp³-hybridized carbons (Fsp3) is 0.556. The number of ether oxygens (including phenoxy) is 1. The van der Waals surface area contributed by atoms with Crippen LogP contribution < -0.4 is 4.90 Å². The van der Waals surface area contributed by atoms with Crippen LogP contribution in [0.4, 0.5) is 5.82 Å². The van der Waals surface area contributed by atoms with E-state index < -0.39 is 0 Å². The fourth-order valence-electron chi connectivity index (χ4n) is 3.01. The summed E-state index contributed by atoms with van der Waals surface area (Å²) in [7, 11) is 4.02. The zero-order valence-electron chi connectivity index (χ0n) is 15.1. The molecule has 0 aliphatic carbocycles. The predicted molar refractivity (Wildman–Crippen MR) is 95.2 cm³/mol. The summed E-state index contributed by atoms with van der Waals surface area (Å²) in [5.74, 6) is 0.966. The average Bonchev–Trinajstić information content (AvgIpc) is 2.95. The van der Waals surface area contributed by atoms with Crippen molar-refractivity contribution in [1.82, 2.24) is 19.7 Å². The molecule has 0 aromatic carbocycles. The van der Waals surface area contributed by atoms with Crippen LogP contribution in [0, 0.1) is 6.92 Å². The number of morpholine rings is 1. The Morgan fingerprint density at radius 3 is 2.88 bits per heavy atom. The zero-order valence-corrected chi connectivity index (χ0v) is 15.1. The lowest BCUT2D eigenvalue weighted by atomic mass is 10.1. The number of pyridine rings is 1. The summed E-state index contributed by atoms with van der Waals surface area (Å²) < 4.78 is 7.98. The van der Waals surface area contributed by atoms with Gasteiger partial charge in [-0.3, -0.25) is 9.58 Å². The minimum atomic E-state index is 0.0279. The quantitative estimate of drug-likeness (QED) is 0.842. The summed E-state index contributed by atoms with van der Waals surface area (Å²) in [5, 5.41) is 4.54. The maximum absolute atomic E-state index is 5.98. The molecule has 0 spiro atoms. The van der Waals surface area contributed by atoms with Crippen molar-refractivity contribution in [2.45, 2.75) is 33.0 Å². The van der Waals surface area contributed by atoms with E-state index in [2.05, 4.69) is 42.2 Å². The number of nitrogens with zero attached hydrogens (tertiary/aromatic N) is 5. The number of rotatable bonds is 5. The Bertz CT molecular complexity index is 682. The fourth-order valence-corrected chi connectivity index (χ4v) is 3.01. The Hall–Kier alpha value is -1.92. The van der Waals surface area contributed by atoms with E-state index in [-0.39, 0.29) is 6.10 Å². The second kappa shape index (κ2) is 7.32. The second-order valence-corrected chi connectivity index (χ2v) is 6.51. The van der Waals surface area contributed by atoms with Crippen LogP contribution in [0.15, 0.2) is 24.4 Å². The Morgan fingerprint density at radius 2 is 2.17 bits per heavy atom. The monoisotopic (exact) mass is 329 g/mol. The Balaban J connectivity index is 1.70. The van der Waals surface area contributed by atoms with Crippen molar-refractivity contribution < 1.29 is 4.74 Å². The highest BCUT2D eigenvalue weighted by atomic mass is 16.5. The van der Waals surface area contributed by atoms with Gasteiger partial charge in [-0.2, -0.15) is 5.10 Å². The van der Waals surface area contributed by atoms with E-state index in [9.17, 15) is 0 Å². The molecule has 1 aliphatic rings. The van der Waals surface area contributed by atoms with Crippen LogP contribution in [0.25, 0.3) is 0 Å². The third kappa shape index (κ3) is 3.76. The molecule has 0 radical (unpaired) electrons. The van der Waals surface area contributed by atoms with Gasteiger partial charge in [0.2, 0.25) is 0 Å².